The Hall–Kier alpha value is -1.92. The number of carboxylic acids is 1. The Morgan fingerprint density at radius 1 is 1.19 bits per heavy atom. The van der Waals surface area contributed by atoms with Gasteiger partial charge in [0.05, 0.1) is 12.2 Å². The van der Waals surface area contributed by atoms with Crippen molar-refractivity contribution in [2.24, 2.45) is 5.92 Å². The number of carbonyl (C=O) groups excluding carboxylic acids is 1. The molecule has 0 bridgehead atoms. The van der Waals surface area contributed by atoms with Gasteiger partial charge in [0.1, 0.15) is 6.04 Å². The normalized spacial score (nSPS) is 22.2. The summed E-state index contributed by atoms with van der Waals surface area (Å²) in [6.07, 6.45) is 0.849. The number of amides is 1. The summed E-state index contributed by atoms with van der Waals surface area (Å²) in [7, 11) is 0. The van der Waals surface area contributed by atoms with Gasteiger partial charge in [-0.2, -0.15) is 0 Å². The minimum Gasteiger partial charge on any atom is -0.480 e. The zero-order chi connectivity index (χ0) is 19.3. The molecule has 1 aliphatic rings. The fourth-order valence-corrected chi connectivity index (χ4v) is 3.37. The number of hydrogen-bond donors (Lipinski definition) is 2. The van der Waals surface area contributed by atoms with Gasteiger partial charge in [0.15, 0.2) is 0 Å². The second-order valence-corrected chi connectivity index (χ2v) is 7.64. The molecule has 2 rings (SSSR count). The molecular formula is C20H30N2O4. The Labute approximate surface area is 155 Å². The zero-order valence-electron chi connectivity index (χ0n) is 16.1. The first-order valence-electron chi connectivity index (χ1n) is 9.25. The van der Waals surface area contributed by atoms with Crippen LogP contribution in [-0.4, -0.2) is 53.2 Å². The van der Waals surface area contributed by atoms with Crippen LogP contribution in [-0.2, 0) is 16.1 Å². The lowest BCUT2D eigenvalue weighted by Crippen LogP contribution is -2.44. The number of nitrogens with zero attached hydrogens (tertiary/aromatic N) is 1. The largest absolute Gasteiger partial charge is 0.480 e. The minimum atomic E-state index is -1.00. The third kappa shape index (κ3) is 6.11. The number of ether oxygens (including phenoxy) is 1. The zero-order valence-corrected chi connectivity index (χ0v) is 16.1. The highest BCUT2D eigenvalue weighted by molar-refractivity contribution is 5.96. The topological polar surface area (TPSA) is 78.9 Å². The summed E-state index contributed by atoms with van der Waals surface area (Å²) < 4.78 is 5.75. The van der Waals surface area contributed by atoms with Crippen LogP contribution in [0.5, 0.6) is 0 Å². The highest BCUT2D eigenvalue weighted by Gasteiger charge is 2.23. The average molecular weight is 362 g/mol. The monoisotopic (exact) mass is 362 g/mol. The fourth-order valence-electron chi connectivity index (χ4n) is 3.37. The summed E-state index contributed by atoms with van der Waals surface area (Å²) in [5, 5.41) is 11.9. The molecule has 1 aromatic carbocycles. The highest BCUT2D eigenvalue weighted by Crippen LogP contribution is 2.15. The van der Waals surface area contributed by atoms with E-state index in [9.17, 15) is 14.7 Å². The quantitative estimate of drug-likeness (QED) is 0.779. The fraction of sp³-hybridized carbons (Fsp3) is 0.600. The molecule has 0 aromatic heterocycles. The number of benzene rings is 1. The number of rotatable bonds is 7. The van der Waals surface area contributed by atoms with Crippen LogP contribution in [0.1, 0.15) is 50.0 Å². The van der Waals surface area contributed by atoms with E-state index >= 15 is 0 Å². The molecule has 144 valence electrons. The van der Waals surface area contributed by atoms with Gasteiger partial charge in [0.2, 0.25) is 0 Å². The van der Waals surface area contributed by atoms with Crippen molar-refractivity contribution in [2.45, 2.75) is 58.9 Å². The van der Waals surface area contributed by atoms with E-state index in [2.05, 4.69) is 24.1 Å². The summed E-state index contributed by atoms with van der Waals surface area (Å²) in [5.41, 5.74) is 1.60. The molecule has 1 aliphatic heterocycles. The van der Waals surface area contributed by atoms with Crippen molar-refractivity contribution in [1.82, 2.24) is 10.2 Å². The highest BCUT2D eigenvalue weighted by atomic mass is 16.5. The summed E-state index contributed by atoms with van der Waals surface area (Å²) in [6.45, 7) is 10.6. The number of hydrogen-bond acceptors (Lipinski definition) is 4. The second kappa shape index (κ2) is 9.14. The minimum absolute atomic E-state index is 0.192. The standard InChI is InChI=1S/C20H30N2O4/c1-13(2)9-18(20(24)25)21-19(23)17-7-5-16(6-8-17)12-22-10-14(3)26-15(4)11-22/h5-8,13-15,18H,9-12H2,1-4H3,(H,21,23)(H,24,25)/t14-,15-,18+/m1/s1. The van der Waals surface area contributed by atoms with E-state index in [0.717, 1.165) is 25.2 Å². The summed E-state index contributed by atoms with van der Waals surface area (Å²) in [4.78, 5) is 26.0. The maximum Gasteiger partial charge on any atom is 0.326 e. The van der Waals surface area contributed by atoms with E-state index in [1.807, 2.05) is 26.0 Å². The number of carboxylic acid groups (broad SMARTS) is 1. The molecule has 0 radical (unpaired) electrons. The van der Waals surface area contributed by atoms with Crippen LogP contribution in [0.25, 0.3) is 0 Å². The first kappa shape index (κ1) is 20.4. The summed E-state index contributed by atoms with van der Waals surface area (Å²) in [6, 6.07) is 6.51. The molecule has 1 fully saturated rings. The van der Waals surface area contributed by atoms with Gasteiger partial charge < -0.3 is 15.2 Å². The Morgan fingerprint density at radius 2 is 1.77 bits per heavy atom. The van der Waals surface area contributed by atoms with Crippen molar-refractivity contribution in [3.8, 4) is 0 Å². The van der Waals surface area contributed by atoms with Crippen molar-refractivity contribution in [3.63, 3.8) is 0 Å². The van der Waals surface area contributed by atoms with Gasteiger partial charge in [-0.15, -0.1) is 0 Å². The predicted octanol–water partition coefficient (Wildman–Crippen LogP) is 2.52. The van der Waals surface area contributed by atoms with Crippen LogP contribution in [0.4, 0.5) is 0 Å². The molecule has 0 aliphatic carbocycles. The molecule has 2 N–H and O–H groups in total. The molecular weight excluding hydrogens is 332 g/mol. The molecule has 1 aromatic rings. The molecule has 1 saturated heterocycles. The SMILES string of the molecule is CC(C)C[C@H](NC(=O)c1ccc(CN2C[C@@H](C)O[C@H](C)C2)cc1)C(=O)O. The third-order valence-corrected chi connectivity index (χ3v) is 4.43. The van der Waals surface area contributed by atoms with E-state index in [-0.39, 0.29) is 24.0 Å². The van der Waals surface area contributed by atoms with E-state index in [1.165, 1.54) is 0 Å². The van der Waals surface area contributed by atoms with Crippen LogP contribution in [0.2, 0.25) is 0 Å². The van der Waals surface area contributed by atoms with Crippen LogP contribution < -0.4 is 5.32 Å². The molecule has 0 spiro atoms. The lowest BCUT2D eigenvalue weighted by Gasteiger charge is -2.35. The van der Waals surface area contributed by atoms with E-state index in [0.29, 0.717) is 12.0 Å². The van der Waals surface area contributed by atoms with Gasteiger partial charge in [-0.05, 0) is 43.9 Å². The maximum absolute atomic E-state index is 12.3. The Kier molecular flexibility index (Phi) is 7.17. The Balaban J connectivity index is 1.95. The molecule has 0 saturated carbocycles. The molecule has 1 heterocycles. The lowest BCUT2D eigenvalue weighted by molar-refractivity contribution is -0.139. The maximum atomic E-state index is 12.3. The smallest absolute Gasteiger partial charge is 0.326 e. The molecule has 0 unspecified atom stereocenters. The number of morpholine rings is 1. The predicted molar refractivity (Wildman–Crippen MR) is 100 cm³/mol. The van der Waals surface area contributed by atoms with Crippen LogP contribution in [0, 0.1) is 5.92 Å². The van der Waals surface area contributed by atoms with Crippen molar-refractivity contribution in [2.75, 3.05) is 13.1 Å². The molecule has 1 amide bonds. The number of carbonyl (C=O) groups is 2. The van der Waals surface area contributed by atoms with Gasteiger partial charge in [-0.1, -0.05) is 26.0 Å². The molecule has 26 heavy (non-hydrogen) atoms. The van der Waals surface area contributed by atoms with E-state index < -0.39 is 12.0 Å². The second-order valence-electron chi connectivity index (χ2n) is 7.64. The first-order chi connectivity index (χ1) is 12.2. The Bertz CT molecular complexity index is 605. The van der Waals surface area contributed by atoms with Gasteiger partial charge in [0.25, 0.3) is 5.91 Å². The molecule has 6 heteroatoms. The molecule has 3 atom stereocenters. The van der Waals surface area contributed by atoms with Crippen molar-refractivity contribution < 1.29 is 19.4 Å². The summed E-state index contributed by atoms with van der Waals surface area (Å²) >= 11 is 0. The van der Waals surface area contributed by atoms with Gasteiger partial charge in [0, 0.05) is 25.2 Å². The van der Waals surface area contributed by atoms with Gasteiger partial charge >= 0.3 is 5.97 Å². The van der Waals surface area contributed by atoms with Gasteiger partial charge in [-0.3, -0.25) is 9.69 Å². The van der Waals surface area contributed by atoms with E-state index in [4.69, 9.17) is 4.74 Å². The Morgan fingerprint density at radius 3 is 2.27 bits per heavy atom. The van der Waals surface area contributed by atoms with Crippen LogP contribution >= 0.6 is 0 Å². The summed E-state index contributed by atoms with van der Waals surface area (Å²) in [5.74, 6) is -1.16. The van der Waals surface area contributed by atoms with E-state index in [1.54, 1.807) is 12.1 Å². The number of aliphatic carboxylic acids is 1. The third-order valence-electron chi connectivity index (χ3n) is 4.43. The molecule has 6 nitrogen and oxygen atoms in total. The van der Waals surface area contributed by atoms with Crippen molar-refractivity contribution >= 4 is 11.9 Å². The number of nitrogens with one attached hydrogen (secondary N) is 1. The van der Waals surface area contributed by atoms with Crippen molar-refractivity contribution in [1.29, 1.82) is 0 Å². The average Bonchev–Trinajstić information content (AvgIpc) is 2.53. The van der Waals surface area contributed by atoms with Crippen LogP contribution in [0.15, 0.2) is 24.3 Å². The van der Waals surface area contributed by atoms with Crippen LogP contribution in [0.3, 0.4) is 0 Å². The van der Waals surface area contributed by atoms with Gasteiger partial charge in [-0.25, -0.2) is 4.79 Å². The lowest BCUT2D eigenvalue weighted by atomic mass is 10.0. The first-order valence-corrected chi connectivity index (χ1v) is 9.25. The van der Waals surface area contributed by atoms with Crippen molar-refractivity contribution in [3.05, 3.63) is 35.4 Å².